The van der Waals surface area contributed by atoms with Gasteiger partial charge in [-0.1, -0.05) is 24.3 Å². The summed E-state index contributed by atoms with van der Waals surface area (Å²) in [5.41, 5.74) is 7.63. The third-order valence-corrected chi connectivity index (χ3v) is 7.85. The third-order valence-electron chi connectivity index (χ3n) is 7.85. The predicted molar refractivity (Wildman–Crippen MR) is 157 cm³/mol. The maximum Gasteiger partial charge on any atom is 0.309 e. The van der Waals surface area contributed by atoms with E-state index in [-0.39, 0.29) is 18.5 Å². The standard InChI is InChI=1S/C34H40O7/c1-6-37-20-34(21-38-7-2)18-29-23(4)33(22(3)13-31(29)41-34)26-10-8-9-24(14-26)19-39-27-12-11-25-15-28(17-32(35)36-5)40-30(25)16-27/h8-14,16,28H,6-7,15,17-21H2,1-5H3/t28-/m0/s1. The Morgan fingerprint density at radius 3 is 2.51 bits per heavy atom. The molecule has 0 aromatic heterocycles. The highest BCUT2D eigenvalue weighted by Gasteiger charge is 2.41. The van der Waals surface area contributed by atoms with Gasteiger partial charge < -0.3 is 28.4 Å². The van der Waals surface area contributed by atoms with Gasteiger partial charge in [0.25, 0.3) is 0 Å². The first-order chi connectivity index (χ1) is 19.8. The molecule has 3 aromatic rings. The molecular formula is C34H40O7. The lowest BCUT2D eigenvalue weighted by molar-refractivity contribution is -0.142. The Bertz CT molecular complexity index is 1390. The second-order valence-electron chi connectivity index (χ2n) is 10.9. The SMILES string of the molecule is CCOCC1(COCC)Cc2c(cc(C)c(-c3cccc(COc4ccc5c(c4)O[C@H](CC(=O)OC)C5)c3)c2C)O1. The van der Waals surface area contributed by atoms with E-state index in [9.17, 15) is 4.79 Å². The Labute approximate surface area is 242 Å². The van der Waals surface area contributed by atoms with E-state index in [0.29, 0.717) is 39.5 Å². The van der Waals surface area contributed by atoms with Crippen LogP contribution in [-0.2, 0) is 38.5 Å². The molecule has 0 saturated carbocycles. The van der Waals surface area contributed by atoms with E-state index >= 15 is 0 Å². The zero-order chi connectivity index (χ0) is 29.0. The van der Waals surface area contributed by atoms with Gasteiger partial charge in [0.2, 0.25) is 0 Å². The van der Waals surface area contributed by atoms with Crippen molar-refractivity contribution in [2.45, 2.75) is 65.3 Å². The number of esters is 1. The van der Waals surface area contributed by atoms with Crippen molar-refractivity contribution >= 4 is 5.97 Å². The molecule has 7 nitrogen and oxygen atoms in total. The summed E-state index contributed by atoms with van der Waals surface area (Å²) in [5, 5.41) is 0. The lowest BCUT2D eigenvalue weighted by Gasteiger charge is -2.28. The number of hydrogen-bond donors (Lipinski definition) is 0. The van der Waals surface area contributed by atoms with Gasteiger partial charge in [-0.05, 0) is 79.3 Å². The van der Waals surface area contributed by atoms with Gasteiger partial charge in [-0.15, -0.1) is 0 Å². The number of ether oxygens (including phenoxy) is 6. The summed E-state index contributed by atoms with van der Waals surface area (Å²) in [4.78, 5) is 11.6. The quantitative estimate of drug-likeness (QED) is 0.246. The van der Waals surface area contributed by atoms with Gasteiger partial charge in [0.1, 0.15) is 30.0 Å². The fourth-order valence-electron chi connectivity index (χ4n) is 5.85. The van der Waals surface area contributed by atoms with E-state index in [0.717, 1.165) is 40.4 Å². The van der Waals surface area contributed by atoms with Gasteiger partial charge in [0.05, 0.1) is 26.7 Å². The fourth-order valence-corrected chi connectivity index (χ4v) is 5.85. The molecule has 41 heavy (non-hydrogen) atoms. The molecule has 0 radical (unpaired) electrons. The van der Waals surface area contributed by atoms with Crippen LogP contribution in [0.2, 0.25) is 0 Å². The van der Waals surface area contributed by atoms with Crippen molar-refractivity contribution in [3.63, 3.8) is 0 Å². The monoisotopic (exact) mass is 560 g/mol. The largest absolute Gasteiger partial charge is 0.489 e. The van der Waals surface area contributed by atoms with Crippen molar-refractivity contribution in [3.05, 3.63) is 76.3 Å². The lowest BCUT2D eigenvalue weighted by Crippen LogP contribution is -2.44. The summed E-state index contributed by atoms with van der Waals surface area (Å²) < 4.78 is 35.1. The van der Waals surface area contributed by atoms with Crippen LogP contribution in [-0.4, -0.2) is 51.2 Å². The maximum atomic E-state index is 11.6. The topological polar surface area (TPSA) is 72.5 Å². The van der Waals surface area contributed by atoms with Crippen molar-refractivity contribution in [1.29, 1.82) is 0 Å². The average Bonchev–Trinajstić information content (AvgIpc) is 3.54. The van der Waals surface area contributed by atoms with Crippen LogP contribution in [0, 0.1) is 13.8 Å². The van der Waals surface area contributed by atoms with Crippen molar-refractivity contribution in [2.75, 3.05) is 33.5 Å². The van der Waals surface area contributed by atoms with Crippen molar-refractivity contribution in [1.82, 2.24) is 0 Å². The number of carbonyl (C=O) groups is 1. The van der Waals surface area contributed by atoms with Gasteiger partial charge in [0.15, 0.2) is 5.60 Å². The highest BCUT2D eigenvalue weighted by atomic mass is 16.6. The number of hydrogen-bond acceptors (Lipinski definition) is 7. The summed E-state index contributed by atoms with van der Waals surface area (Å²) in [6, 6.07) is 16.5. The summed E-state index contributed by atoms with van der Waals surface area (Å²) >= 11 is 0. The first kappa shape index (κ1) is 29.0. The van der Waals surface area contributed by atoms with E-state index in [1.165, 1.54) is 29.4 Å². The summed E-state index contributed by atoms with van der Waals surface area (Å²) in [5.74, 6) is 2.16. The molecule has 0 spiro atoms. The average molecular weight is 561 g/mol. The highest BCUT2D eigenvalue weighted by Crippen LogP contribution is 2.43. The van der Waals surface area contributed by atoms with Crippen LogP contribution >= 0.6 is 0 Å². The van der Waals surface area contributed by atoms with E-state index in [1.54, 1.807) is 0 Å². The van der Waals surface area contributed by atoms with Crippen LogP contribution < -0.4 is 14.2 Å². The second kappa shape index (κ2) is 12.5. The van der Waals surface area contributed by atoms with Crippen LogP contribution in [0.1, 0.15) is 48.1 Å². The molecular weight excluding hydrogens is 520 g/mol. The summed E-state index contributed by atoms with van der Waals surface area (Å²) in [6.45, 7) is 11.0. The molecule has 2 aliphatic rings. The molecule has 0 unspecified atom stereocenters. The predicted octanol–water partition coefficient (Wildman–Crippen LogP) is 6.16. The summed E-state index contributed by atoms with van der Waals surface area (Å²) in [7, 11) is 1.39. The number of carbonyl (C=O) groups excluding carboxylic acids is 1. The fraction of sp³-hybridized carbons (Fsp3) is 0.441. The Balaban J connectivity index is 1.31. The van der Waals surface area contributed by atoms with Gasteiger partial charge in [0, 0.05) is 37.7 Å². The number of benzene rings is 3. The van der Waals surface area contributed by atoms with Crippen LogP contribution in [0.5, 0.6) is 17.2 Å². The van der Waals surface area contributed by atoms with Gasteiger partial charge in [-0.3, -0.25) is 4.79 Å². The highest BCUT2D eigenvalue weighted by molar-refractivity contribution is 5.75. The number of fused-ring (bicyclic) bond motifs is 2. The van der Waals surface area contributed by atoms with Gasteiger partial charge in [-0.2, -0.15) is 0 Å². The zero-order valence-electron chi connectivity index (χ0n) is 24.7. The van der Waals surface area contributed by atoms with E-state index in [4.69, 9.17) is 28.4 Å². The van der Waals surface area contributed by atoms with Crippen LogP contribution in [0.4, 0.5) is 0 Å². The molecule has 0 N–H and O–H groups in total. The number of aryl methyl sites for hydroxylation is 1. The van der Waals surface area contributed by atoms with E-state index in [1.807, 2.05) is 32.0 Å². The Morgan fingerprint density at radius 2 is 1.78 bits per heavy atom. The molecule has 1 atom stereocenters. The molecule has 7 heteroatoms. The molecule has 2 heterocycles. The van der Waals surface area contributed by atoms with Gasteiger partial charge in [-0.25, -0.2) is 0 Å². The third kappa shape index (κ3) is 6.36. The minimum absolute atomic E-state index is 0.197. The molecule has 3 aromatic carbocycles. The normalized spacial score (nSPS) is 16.5. The van der Waals surface area contributed by atoms with E-state index in [2.05, 4.69) is 44.2 Å². The molecule has 0 aliphatic carbocycles. The van der Waals surface area contributed by atoms with Crippen molar-refractivity contribution in [2.24, 2.45) is 0 Å². The molecule has 0 bridgehead atoms. The minimum Gasteiger partial charge on any atom is -0.489 e. The molecule has 0 amide bonds. The minimum atomic E-state index is -0.501. The van der Waals surface area contributed by atoms with Gasteiger partial charge >= 0.3 is 5.97 Å². The zero-order valence-corrected chi connectivity index (χ0v) is 24.7. The molecule has 5 rings (SSSR count). The lowest BCUT2D eigenvalue weighted by atomic mass is 9.88. The van der Waals surface area contributed by atoms with Crippen molar-refractivity contribution in [3.8, 4) is 28.4 Å². The number of methoxy groups -OCH3 is 1. The van der Waals surface area contributed by atoms with Crippen molar-refractivity contribution < 1.29 is 33.2 Å². The first-order valence-electron chi connectivity index (χ1n) is 14.4. The Kier molecular flexibility index (Phi) is 8.85. The Morgan fingerprint density at radius 1 is 1.00 bits per heavy atom. The molecule has 2 aliphatic heterocycles. The molecule has 0 fully saturated rings. The van der Waals surface area contributed by atoms with Crippen LogP contribution in [0.25, 0.3) is 11.1 Å². The molecule has 0 saturated heterocycles. The smallest absolute Gasteiger partial charge is 0.309 e. The van der Waals surface area contributed by atoms with Crippen LogP contribution in [0.15, 0.2) is 48.5 Å². The maximum absolute atomic E-state index is 11.6. The second-order valence-corrected chi connectivity index (χ2v) is 10.9. The first-order valence-corrected chi connectivity index (χ1v) is 14.4. The van der Waals surface area contributed by atoms with Crippen LogP contribution in [0.3, 0.4) is 0 Å². The number of rotatable bonds is 12. The van der Waals surface area contributed by atoms with E-state index < -0.39 is 5.60 Å². The summed E-state index contributed by atoms with van der Waals surface area (Å²) in [6.07, 6.45) is 1.49. The molecule has 218 valence electrons. The Hall–Kier alpha value is -3.55.